The number of carbonyl (C=O) groups excluding carboxylic acids is 1. The second kappa shape index (κ2) is 7.93. The highest BCUT2D eigenvalue weighted by Gasteiger charge is 2.23. The van der Waals surface area contributed by atoms with Gasteiger partial charge in [0.05, 0.1) is 12.1 Å². The minimum atomic E-state index is -0.677. The molecule has 23 heavy (non-hydrogen) atoms. The van der Waals surface area contributed by atoms with E-state index in [1.807, 2.05) is 49.4 Å². The molecular formula is C20H25NO2. The van der Waals surface area contributed by atoms with Gasteiger partial charge in [-0.05, 0) is 37.0 Å². The summed E-state index contributed by atoms with van der Waals surface area (Å²) in [5.41, 5.74) is 3.24. The maximum Gasteiger partial charge on any atom is 0.222 e. The Labute approximate surface area is 138 Å². The number of nitrogens with zero attached hydrogens (tertiary/aromatic N) is 1. The summed E-state index contributed by atoms with van der Waals surface area (Å²) in [6, 6.07) is 17.3. The number of benzene rings is 2. The van der Waals surface area contributed by atoms with Crippen LogP contribution in [0.1, 0.15) is 36.1 Å². The highest BCUT2D eigenvalue weighted by atomic mass is 16.3. The third-order valence-corrected chi connectivity index (χ3v) is 4.47. The quantitative estimate of drug-likeness (QED) is 0.887. The number of hydrogen-bond donors (Lipinski definition) is 1. The van der Waals surface area contributed by atoms with Crippen molar-refractivity contribution >= 4 is 5.91 Å². The molecule has 0 radical (unpaired) electrons. The Balaban J connectivity index is 1.95. The van der Waals surface area contributed by atoms with Gasteiger partial charge >= 0.3 is 0 Å². The monoisotopic (exact) mass is 311 g/mol. The van der Waals surface area contributed by atoms with Crippen LogP contribution in [0.25, 0.3) is 0 Å². The molecule has 2 rings (SSSR count). The van der Waals surface area contributed by atoms with Crippen molar-refractivity contribution < 1.29 is 9.90 Å². The van der Waals surface area contributed by atoms with Crippen LogP contribution in [0.3, 0.4) is 0 Å². The lowest BCUT2D eigenvalue weighted by Gasteiger charge is -2.29. The molecule has 0 fully saturated rings. The number of carbonyl (C=O) groups is 1. The molecule has 2 unspecified atom stereocenters. The minimum Gasteiger partial charge on any atom is -0.386 e. The van der Waals surface area contributed by atoms with Gasteiger partial charge in [0.15, 0.2) is 0 Å². The van der Waals surface area contributed by atoms with Crippen molar-refractivity contribution in [3.63, 3.8) is 0 Å². The van der Waals surface area contributed by atoms with Crippen LogP contribution in [-0.2, 0) is 11.2 Å². The van der Waals surface area contributed by atoms with Gasteiger partial charge in [0, 0.05) is 13.5 Å². The molecule has 2 atom stereocenters. The molecule has 3 heteroatoms. The molecule has 2 aromatic carbocycles. The third-order valence-electron chi connectivity index (χ3n) is 4.47. The molecule has 122 valence electrons. The van der Waals surface area contributed by atoms with Crippen LogP contribution in [0.5, 0.6) is 0 Å². The van der Waals surface area contributed by atoms with Crippen LogP contribution in [0, 0.1) is 6.92 Å². The molecule has 0 spiro atoms. The average Bonchev–Trinajstić information content (AvgIpc) is 2.59. The van der Waals surface area contributed by atoms with Crippen LogP contribution in [0.2, 0.25) is 0 Å². The normalized spacial score (nSPS) is 13.4. The molecule has 3 nitrogen and oxygen atoms in total. The zero-order valence-corrected chi connectivity index (χ0v) is 14.1. The molecule has 0 aliphatic heterocycles. The molecule has 1 amide bonds. The maximum absolute atomic E-state index is 12.4. The maximum atomic E-state index is 12.4. The Morgan fingerprint density at radius 3 is 2.35 bits per heavy atom. The van der Waals surface area contributed by atoms with Crippen LogP contribution in [-0.4, -0.2) is 29.0 Å². The smallest absolute Gasteiger partial charge is 0.222 e. The molecule has 0 aromatic heterocycles. The van der Waals surface area contributed by atoms with E-state index in [1.54, 1.807) is 11.9 Å². The Morgan fingerprint density at radius 2 is 1.70 bits per heavy atom. The van der Waals surface area contributed by atoms with Gasteiger partial charge < -0.3 is 10.0 Å². The SMILES string of the molecule is Cc1ccccc1CCC(=O)N(C)C(C)C(O)c1ccccc1. The van der Waals surface area contributed by atoms with Crippen molar-refractivity contribution in [2.45, 2.75) is 38.8 Å². The summed E-state index contributed by atoms with van der Waals surface area (Å²) < 4.78 is 0. The molecule has 0 bridgehead atoms. The fraction of sp³-hybridized carbons (Fsp3) is 0.350. The van der Waals surface area contributed by atoms with Crippen molar-refractivity contribution in [1.29, 1.82) is 0 Å². The molecule has 0 saturated carbocycles. The number of aliphatic hydroxyl groups is 1. The number of rotatable bonds is 6. The number of amides is 1. The molecule has 0 aliphatic carbocycles. The molecule has 0 aliphatic rings. The second-order valence-corrected chi connectivity index (χ2v) is 6.03. The predicted octanol–water partition coefficient (Wildman–Crippen LogP) is 3.51. The Kier molecular flexibility index (Phi) is 5.94. The number of aryl methyl sites for hydroxylation is 2. The van der Waals surface area contributed by atoms with E-state index in [0.29, 0.717) is 6.42 Å². The summed E-state index contributed by atoms with van der Waals surface area (Å²) in [5, 5.41) is 10.4. The third kappa shape index (κ3) is 4.42. The molecular weight excluding hydrogens is 286 g/mol. The highest BCUT2D eigenvalue weighted by molar-refractivity contribution is 5.76. The predicted molar refractivity (Wildman–Crippen MR) is 93.1 cm³/mol. The Bertz CT molecular complexity index is 639. The Hall–Kier alpha value is -2.13. The van der Waals surface area contributed by atoms with Gasteiger partial charge in [-0.1, -0.05) is 54.6 Å². The minimum absolute atomic E-state index is 0.0516. The number of likely N-dealkylation sites (N-methyl/N-ethyl adjacent to an activating group) is 1. The van der Waals surface area contributed by atoms with Crippen LogP contribution in [0.4, 0.5) is 0 Å². The van der Waals surface area contributed by atoms with E-state index in [-0.39, 0.29) is 11.9 Å². The summed E-state index contributed by atoms with van der Waals surface area (Å²) in [5.74, 6) is 0.0516. The van der Waals surface area contributed by atoms with Crippen LogP contribution >= 0.6 is 0 Å². The standard InChI is InChI=1S/C20H25NO2/c1-15-9-7-8-10-17(15)13-14-19(22)21(3)16(2)20(23)18-11-5-4-6-12-18/h4-12,16,20,23H,13-14H2,1-3H3. The average molecular weight is 311 g/mol. The van der Waals surface area contributed by atoms with E-state index in [2.05, 4.69) is 19.1 Å². The number of hydrogen-bond acceptors (Lipinski definition) is 2. The van der Waals surface area contributed by atoms with Crippen molar-refractivity contribution in [1.82, 2.24) is 4.90 Å². The first-order valence-electron chi connectivity index (χ1n) is 8.04. The lowest BCUT2D eigenvalue weighted by molar-refractivity contribution is -0.133. The van der Waals surface area contributed by atoms with Crippen molar-refractivity contribution in [2.24, 2.45) is 0 Å². The van der Waals surface area contributed by atoms with Crippen molar-refractivity contribution in [3.05, 3.63) is 71.3 Å². The number of aliphatic hydroxyl groups excluding tert-OH is 1. The highest BCUT2D eigenvalue weighted by Crippen LogP contribution is 2.20. The van der Waals surface area contributed by atoms with Gasteiger partial charge in [0.1, 0.15) is 0 Å². The molecule has 1 N–H and O–H groups in total. The Morgan fingerprint density at radius 1 is 1.09 bits per heavy atom. The van der Waals surface area contributed by atoms with E-state index in [1.165, 1.54) is 11.1 Å². The zero-order chi connectivity index (χ0) is 16.8. The largest absolute Gasteiger partial charge is 0.386 e. The first kappa shape index (κ1) is 17.2. The molecule has 0 saturated heterocycles. The van der Waals surface area contributed by atoms with Crippen LogP contribution < -0.4 is 0 Å². The van der Waals surface area contributed by atoms with Gasteiger partial charge in [-0.3, -0.25) is 4.79 Å². The summed E-state index contributed by atoms with van der Waals surface area (Å²) >= 11 is 0. The second-order valence-electron chi connectivity index (χ2n) is 6.03. The topological polar surface area (TPSA) is 40.5 Å². The molecule has 2 aromatic rings. The first-order valence-corrected chi connectivity index (χ1v) is 8.04. The van der Waals surface area contributed by atoms with E-state index in [4.69, 9.17) is 0 Å². The van der Waals surface area contributed by atoms with Gasteiger partial charge in [0.2, 0.25) is 5.91 Å². The van der Waals surface area contributed by atoms with Crippen molar-refractivity contribution in [3.8, 4) is 0 Å². The fourth-order valence-corrected chi connectivity index (χ4v) is 2.68. The van der Waals surface area contributed by atoms with E-state index in [9.17, 15) is 9.90 Å². The lowest BCUT2D eigenvalue weighted by Crippen LogP contribution is -2.39. The van der Waals surface area contributed by atoms with E-state index < -0.39 is 6.10 Å². The van der Waals surface area contributed by atoms with Crippen LogP contribution in [0.15, 0.2) is 54.6 Å². The molecule has 0 heterocycles. The summed E-state index contributed by atoms with van der Waals surface area (Å²) in [6.45, 7) is 3.94. The van der Waals surface area contributed by atoms with Crippen molar-refractivity contribution in [2.75, 3.05) is 7.05 Å². The summed E-state index contributed by atoms with van der Waals surface area (Å²) in [4.78, 5) is 14.1. The van der Waals surface area contributed by atoms with Gasteiger partial charge in [0.25, 0.3) is 0 Å². The fourth-order valence-electron chi connectivity index (χ4n) is 2.68. The lowest BCUT2D eigenvalue weighted by atomic mass is 10.0. The van der Waals surface area contributed by atoms with Gasteiger partial charge in [-0.25, -0.2) is 0 Å². The first-order chi connectivity index (χ1) is 11.0. The van der Waals surface area contributed by atoms with Gasteiger partial charge in [-0.15, -0.1) is 0 Å². The van der Waals surface area contributed by atoms with Gasteiger partial charge in [-0.2, -0.15) is 0 Å². The summed E-state index contributed by atoms with van der Waals surface area (Å²) in [7, 11) is 1.76. The van der Waals surface area contributed by atoms with E-state index >= 15 is 0 Å². The van der Waals surface area contributed by atoms with E-state index in [0.717, 1.165) is 12.0 Å². The summed E-state index contributed by atoms with van der Waals surface area (Å²) in [6.07, 6.45) is 0.501. The zero-order valence-electron chi connectivity index (χ0n) is 14.1.